The number of ether oxygens (including phenoxy) is 1. The van der Waals surface area contributed by atoms with Crippen molar-refractivity contribution >= 4 is 11.6 Å². The molecule has 114 valence electrons. The minimum absolute atomic E-state index is 0.126. The van der Waals surface area contributed by atoms with Crippen LogP contribution in [0.3, 0.4) is 0 Å². The highest BCUT2D eigenvalue weighted by atomic mass is 16.5. The van der Waals surface area contributed by atoms with Crippen molar-refractivity contribution in [2.75, 3.05) is 5.32 Å². The van der Waals surface area contributed by atoms with E-state index < -0.39 is 6.10 Å². The van der Waals surface area contributed by atoms with Gasteiger partial charge in [0.05, 0.1) is 0 Å². The van der Waals surface area contributed by atoms with Crippen molar-refractivity contribution in [3.05, 3.63) is 59.2 Å². The Hall–Kier alpha value is -2.29. The molecule has 1 aliphatic carbocycles. The highest BCUT2D eigenvalue weighted by molar-refractivity contribution is 5.94. The number of carbonyl (C=O) groups is 1. The maximum atomic E-state index is 12.3. The van der Waals surface area contributed by atoms with Gasteiger partial charge in [0.15, 0.2) is 6.10 Å². The summed E-state index contributed by atoms with van der Waals surface area (Å²) in [6.45, 7) is 3.77. The Labute approximate surface area is 131 Å². The van der Waals surface area contributed by atoms with E-state index in [4.69, 9.17) is 4.74 Å². The van der Waals surface area contributed by atoms with Crippen molar-refractivity contribution in [3.8, 4) is 5.75 Å². The number of fused-ring (bicyclic) bond motifs is 1. The van der Waals surface area contributed by atoms with E-state index >= 15 is 0 Å². The molecule has 0 bridgehead atoms. The van der Waals surface area contributed by atoms with Crippen LogP contribution in [0.15, 0.2) is 42.5 Å². The number of nitrogens with one attached hydrogen (secondary N) is 1. The second-order valence-corrected chi connectivity index (χ2v) is 5.90. The first-order valence-corrected chi connectivity index (χ1v) is 7.78. The molecule has 0 aliphatic heterocycles. The first kappa shape index (κ1) is 14.6. The first-order valence-electron chi connectivity index (χ1n) is 7.78. The van der Waals surface area contributed by atoms with Crippen LogP contribution < -0.4 is 10.1 Å². The van der Waals surface area contributed by atoms with Crippen LogP contribution in [0.5, 0.6) is 5.75 Å². The smallest absolute Gasteiger partial charge is 0.265 e. The molecule has 2 aromatic carbocycles. The number of anilines is 1. The molecule has 0 fully saturated rings. The lowest BCUT2D eigenvalue weighted by molar-refractivity contribution is -0.122. The van der Waals surface area contributed by atoms with E-state index in [0.29, 0.717) is 0 Å². The van der Waals surface area contributed by atoms with Crippen LogP contribution in [0.2, 0.25) is 0 Å². The molecule has 0 spiro atoms. The normalized spacial score (nSPS) is 14.3. The molecule has 1 atom stereocenters. The van der Waals surface area contributed by atoms with E-state index in [1.165, 1.54) is 17.5 Å². The zero-order valence-corrected chi connectivity index (χ0v) is 13.1. The summed E-state index contributed by atoms with van der Waals surface area (Å²) < 4.78 is 5.71. The second-order valence-electron chi connectivity index (χ2n) is 5.90. The van der Waals surface area contributed by atoms with E-state index in [-0.39, 0.29) is 5.91 Å². The third-order valence-corrected chi connectivity index (χ3v) is 4.04. The predicted molar refractivity (Wildman–Crippen MR) is 88.4 cm³/mol. The van der Waals surface area contributed by atoms with Gasteiger partial charge in [-0.15, -0.1) is 0 Å². The Morgan fingerprint density at radius 3 is 2.77 bits per heavy atom. The molecule has 0 aromatic heterocycles. The Balaban J connectivity index is 1.64. The van der Waals surface area contributed by atoms with Crippen molar-refractivity contribution in [2.24, 2.45) is 0 Å². The summed E-state index contributed by atoms with van der Waals surface area (Å²) in [5.41, 5.74) is 4.72. The lowest BCUT2D eigenvalue weighted by Gasteiger charge is -2.15. The number of carbonyl (C=O) groups excluding carboxylic acids is 1. The van der Waals surface area contributed by atoms with Gasteiger partial charge < -0.3 is 10.1 Å². The molecule has 1 aliphatic rings. The fraction of sp³-hybridized carbons (Fsp3) is 0.316. The molecule has 3 nitrogen and oxygen atoms in total. The van der Waals surface area contributed by atoms with Gasteiger partial charge in [-0.25, -0.2) is 0 Å². The lowest BCUT2D eigenvalue weighted by Crippen LogP contribution is -2.30. The van der Waals surface area contributed by atoms with Crippen LogP contribution in [0.1, 0.15) is 30.0 Å². The van der Waals surface area contributed by atoms with Gasteiger partial charge in [-0.05, 0) is 74.1 Å². The van der Waals surface area contributed by atoms with Crippen LogP contribution in [0.25, 0.3) is 0 Å². The van der Waals surface area contributed by atoms with Gasteiger partial charge in [-0.3, -0.25) is 4.79 Å². The van der Waals surface area contributed by atoms with Crippen LogP contribution in [-0.2, 0) is 17.6 Å². The number of aryl methyl sites for hydroxylation is 3. The average molecular weight is 295 g/mol. The topological polar surface area (TPSA) is 38.3 Å². The van der Waals surface area contributed by atoms with Crippen molar-refractivity contribution < 1.29 is 9.53 Å². The number of hydrogen-bond donors (Lipinski definition) is 1. The van der Waals surface area contributed by atoms with Gasteiger partial charge in [-0.2, -0.15) is 0 Å². The summed E-state index contributed by atoms with van der Waals surface area (Å²) in [6.07, 6.45) is 2.93. The zero-order chi connectivity index (χ0) is 15.5. The number of benzene rings is 2. The van der Waals surface area contributed by atoms with Gasteiger partial charge in [0, 0.05) is 5.69 Å². The summed E-state index contributed by atoms with van der Waals surface area (Å²) in [5, 5.41) is 2.94. The van der Waals surface area contributed by atoms with Crippen LogP contribution in [-0.4, -0.2) is 12.0 Å². The minimum Gasteiger partial charge on any atom is -0.481 e. The minimum atomic E-state index is -0.532. The van der Waals surface area contributed by atoms with E-state index in [2.05, 4.69) is 17.4 Å². The number of hydrogen-bond acceptors (Lipinski definition) is 2. The Morgan fingerprint density at radius 2 is 1.95 bits per heavy atom. The molecule has 3 heteroatoms. The Morgan fingerprint density at radius 1 is 1.14 bits per heavy atom. The largest absolute Gasteiger partial charge is 0.481 e. The number of amides is 1. The predicted octanol–water partition coefficient (Wildman–Crippen LogP) is 3.89. The van der Waals surface area contributed by atoms with Gasteiger partial charge in [-0.1, -0.05) is 18.2 Å². The summed E-state index contributed by atoms with van der Waals surface area (Å²) in [4.78, 5) is 12.3. The fourth-order valence-corrected chi connectivity index (χ4v) is 2.84. The van der Waals surface area contributed by atoms with Gasteiger partial charge in [0.2, 0.25) is 0 Å². The van der Waals surface area contributed by atoms with Crippen molar-refractivity contribution in [1.29, 1.82) is 0 Å². The molecular formula is C19H21NO2. The molecule has 0 radical (unpaired) electrons. The van der Waals surface area contributed by atoms with Gasteiger partial charge in [0.25, 0.3) is 5.91 Å². The van der Waals surface area contributed by atoms with Crippen LogP contribution in [0.4, 0.5) is 5.69 Å². The molecule has 1 N–H and O–H groups in total. The van der Waals surface area contributed by atoms with Crippen LogP contribution in [0, 0.1) is 6.92 Å². The highest BCUT2D eigenvalue weighted by Gasteiger charge is 2.16. The molecule has 0 saturated heterocycles. The molecule has 2 aromatic rings. The summed E-state index contributed by atoms with van der Waals surface area (Å²) in [5.74, 6) is 0.594. The van der Waals surface area contributed by atoms with E-state index in [9.17, 15) is 4.79 Å². The maximum absolute atomic E-state index is 12.3. The molecular weight excluding hydrogens is 274 g/mol. The SMILES string of the molecule is Cc1cccc(OC(C)C(=O)Nc2ccc3c(c2)CCC3)c1. The molecule has 0 saturated carbocycles. The monoisotopic (exact) mass is 295 g/mol. The maximum Gasteiger partial charge on any atom is 0.265 e. The molecule has 0 heterocycles. The first-order chi connectivity index (χ1) is 10.6. The van der Waals surface area contributed by atoms with Crippen molar-refractivity contribution in [3.63, 3.8) is 0 Å². The van der Waals surface area contributed by atoms with Crippen LogP contribution >= 0.6 is 0 Å². The molecule has 22 heavy (non-hydrogen) atoms. The average Bonchev–Trinajstić information content (AvgIpc) is 2.94. The summed E-state index contributed by atoms with van der Waals surface area (Å²) >= 11 is 0. The quantitative estimate of drug-likeness (QED) is 0.929. The highest BCUT2D eigenvalue weighted by Crippen LogP contribution is 2.25. The Bertz CT molecular complexity index is 694. The van der Waals surface area contributed by atoms with E-state index in [1.54, 1.807) is 6.92 Å². The van der Waals surface area contributed by atoms with E-state index in [1.807, 2.05) is 37.3 Å². The van der Waals surface area contributed by atoms with Crippen molar-refractivity contribution in [2.45, 2.75) is 39.2 Å². The molecule has 3 rings (SSSR count). The lowest BCUT2D eigenvalue weighted by atomic mass is 10.1. The summed E-state index contributed by atoms with van der Waals surface area (Å²) in [7, 11) is 0. The summed E-state index contributed by atoms with van der Waals surface area (Å²) in [6, 6.07) is 13.9. The standard InChI is InChI=1S/C19H21NO2/c1-13-5-3-8-18(11-13)22-14(2)19(21)20-17-10-9-15-6-4-7-16(15)12-17/h3,5,8-12,14H,4,6-7H2,1-2H3,(H,20,21). The molecule has 1 unspecified atom stereocenters. The Kier molecular flexibility index (Phi) is 4.14. The second kappa shape index (κ2) is 6.22. The fourth-order valence-electron chi connectivity index (χ4n) is 2.84. The van der Waals surface area contributed by atoms with E-state index in [0.717, 1.165) is 29.8 Å². The third-order valence-electron chi connectivity index (χ3n) is 4.04. The van der Waals surface area contributed by atoms with Gasteiger partial charge >= 0.3 is 0 Å². The number of rotatable bonds is 4. The third kappa shape index (κ3) is 3.30. The zero-order valence-electron chi connectivity index (χ0n) is 13.1. The van der Waals surface area contributed by atoms with Crippen molar-refractivity contribution in [1.82, 2.24) is 0 Å². The van der Waals surface area contributed by atoms with Gasteiger partial charge in [0.1, 0.15) is 5.75 Å². The molecule has 1 amide bonds.